The molecule has 16 heavy (non-hydrogen) atoms. The molecule has 77 valence electrons. The number of nitriles is 1. The molecule has 0 aliphatic heterocycles. The molecular weight excluding hydrogens is 214 g/mol. The first-order valence-corrected chi connectivity index (χ1v) is 5.95. The molecule has 0 aliphatic carbocycles. The van der Waals surface area contributed by atoms with Crippen LogP contribution in [0.1, 0.15) is 11.1 Å². The van der Waals surface area contributed by atoms with Crippen LogP contribution in [0.2, 0.25) is 0 Å². The number of hydrogen-bond donors (Lipinski definition) is 0. The maximum absolute atomic E-state index is 8.65. The molecule has 0 bridgehead atoms. The van der Waals surface area contributed by atoms with Crippen molar-refractivity contribution in [2.24, 2.45) is 0 Å². The summed E-state index contributed by atoms with van der Waals surface area (Å²) in [5, 5.41) is 8.65. The second kappa shape index (κ2) is 5.39. The molecule has 1 nitrogen and oxygen atoms in total. The molecule has 0 aromatic heterocycles. The number of hydrogen-bond acceptors (Lipinski definition) is 2. The van der Waals surface area contributed by atoms with Gasteiger partial charge >= 0.3 is 0 Å². The Kier molecular flexibility index (Phi) is 3.63. The summed E-state index contributed by atoms with van der Waals surface area (Å²) in [7, 11) is 0. The van der Waals surface area contributed by atoms with Crippen LogP contribution < -0.4 is 0 Å². The van der Waals surface area contributed by atoms with Gasteiger partial charge in [-0.1, -0.05) is 30.3 Å². The Morgan fingerprint density at radius 1 is 1.12 bits per heavy atom. The lowest BCUT2D eigenvalue weighted by Crippen LogP contribution is -1.80. The molecule has 0 N–H and O–H groups in total. The summed E-state index contributed by atoms with van der Waals surface area (Å²) in [6, 6.07) is 21.0. The van der Waals surface area contributed by atoms with Gasteiger partial charge in [-0.3, -0.25) is 0 Å². The Morgan fingerprint density at radius 3 is 2.56 bits per heavy atom. The fourth-order valence-electron chi connectivity index (χ4n) is 1.31. The second-order valence-electron chi connectivity index (χ2n) is 3.32. The van der Waals surface area contributed by atoms with Crippen molar-refractivity contribution in [3.8, 4) is 6.07 Å². The first-order valence-electron chi connectivity index (χ1n) is 4.97. The SMILES string of the molecule is N#Cc1[c]cc(SCc2ccccc2)cc1. The summed E-state index contributed by atoms with van der Waals surface area (Å²) in [4.78, 5) is 1.14. The summed E-state index contributed by atoms with van der Waals surface area (Å²) in [6.45, 7) is 0. The van der Waals surface area contributed by atoms with E-state index >= 15 is 0 Å². The van der Waals surface area contributed by atoms with Crippen molar-refractivity contribution in [1.82, 2.24) is 0 Å². The van der Waals surface area contributed by atoms with Crippen LogP contribution in [0.15, 0.2) is 53.4 Å². The Bertz CT molecular complexity index is 482. The molecule has 0 amide bonds. The minimum atomic E-state index is 0.587. The number of rotatable bonds is 3. The Morgan fingerprint density at radius 2 is 1.94 bits per heavy atom. The molecule has 0 saturated carbocycles. The Labute approximate surface area is 99.7 Å². The maximum atomic E-state index is 8.65. The number of benzene rings is 2. The van der Waals surface area contributed by atoms with Crippen molar-refractivity contribution in [3.63, 3.8) is 0 Å². The van der Waals surface area contributed by atoms with Gasteiger partial charge in [0.15, 0.2) is 0 Å². The molecular formula is C14H10NS. The quantitative estimate of drug-likeness (QED) is 0.743. The van der Waals surface area contributed by atoms with Crippen molar-refractivity contribution < 1.29 is 0 Å². The zero-order valence-electron chi connectivity index (χ0n) is 8.68. The number of nitrogens with zero attached hydrogens (tertiary/aromatic N) is 1. The van der Waals surface area contributed by atoms with Crippen molar-refractivity contribution in [2.45, 2.75) is 10.6 Å². The Hall–Kier alpha value is -1.72. The highest BCUT2D eigenvalue weighted by molar-refractivity contribution is 7.98. The summed E-state index contributed by atoms with van der Waals surface area (Å²) >= 11 is 1.75. The predicted molar refractivity (Wildman–Crippen MR) is 66.0 cm³/mol. The zero-order valence-corrected chi connectivity index (χ0v) is 9.50. The monoisotopic (exact) mass is 224 g/mol. The highest BCUT2D eigenvalue weighted by Crippen LogP contribution is 2.22. The van der Waals surface area contributed by atoms with Gasteiger partial charge in [-0.15, -0.1) is 11.8 Å². The summed E-state index contributed by atoms with van der Waals surface area (Å²) in [5.41, 5.74) is 1.89. The maximum Gasteiger partial charge on any atom is 0.0998 e. The van der Waals surface area contributed by atoms with Crippen molar-refractivity contribution in [1.29, 1.82) is 5.26 Å². The van der Waals surface area contributed by atoms with Crippen LogP contribution in [0.5, 0.6) is 0 Å². The van der Waals surface area contributed by atoms with Gasteiger partial charge in [-0.25, -0.2) is 0 Å². The van der Waals surface area contributed by atoms with Crippen LogP contribution in [0.25, 0.3) is 0 Å². The van der Waals surface area contributed by atoms with Gasteiger partial charge in [0.1, 0.15) is 0 Å². The topological polar surface area (TPSA) is 23.8 Å². The standard InChI is InChI=1S/C14H10NS/c15-10-12-6-8-14(9-7-12)16-11-13-4-2-1-3-5-13/h1-6,8-9H,11H2. The van der Waals surface area contributed by atoms with Gasteiger partial charge in [-0.2, -0.15) is 5.26 Å². The molecule has 2 heteroatoms. The highest BCUT2D eigenvalue weighted by Gasteiger charge is 1.96. The summed E-state index contributed by atoms with van der Waals surface area (Å²) in [6.07, 6.45) is 0. The third-order valence-corrected chi connectivity index (χ3v) is 3.22. The second-order valence-corrected chi connectivity index (χ2v) is 4.37. The third kappa shape index (κ3) is 2.88. The van der Waals surface area contributed by atoms with Gasteiger partial charge in [-0.05, 0) is 23.8 Å². The average molecular weight is 224 g/mol. The van der Waals surface area contributed by atoms with Gasteiger partial charge in [0.25, 0.3) is 0 Å². The largest absolute Gasteiger partial charge is 0.192 e. The predicted octanol–water partition coefficient (Wildman–Crippen LogP) is 3.65. The minimum absolute atomic E-state index is 0.587. The van der Waals surface area contributed by atoms with Crippen LogP contribution in [0.4, 0.5) is 0 Å². The van der Waals surface area contributed by atoms with Crippen LogP contribution in [0.3, 0.4) is 0 Å². The van der Waals surface area contributed by atoms with E-state index in [1.807, 2.05) is 30.3 Å². The lowest BCUT2D eigenvalue weighted by Gasteiger charge is -2.01. The van der Waals surface area contributed by atoms with Gasteiger partial charge < -0.3 is 0 Å². The molecule has 2 aromatic rings. The van der Waals surface area contributed by atoms with E-state index in [1.54, 1.807) is 17.8 Å². The zero-order chi connectivity index (χ0) is 11.2. The minimum Gasteiger partial charge on any atom is -0.192 e. The van der Waals surface area contributed by atoms with E-state index in [0.717, 1.165) is 10.6 Å². The molecule has 0 aliphatic rings. The molecule has 0 spiro atoms. The first-order chi connectivity index (χ1) is 7.88. The molecule has 0 saturated heterocycles. The van der Waals surface area contributed by atoms with Gasteiger partial charge in [0.2, 0.25) is 0 Å². The van der Waals surface area contributed by atoms with E-state index in [-0.39, 0.29) is 0 Å². The fraction of sp³-hybridized carbons (Fsp3) is 0.0714. The third-order valence-electron chi connectivity index (χ3n) is 2.15. The average Bonchev–Trinajstić information content (AvgIpc) is 2.38. The molecule has 0 atom stereocenters. The molecule has 2 rings (SSSR count). The van der Waals surface area contributed by atoms with Crippen molar-refractivity contribution >= 4 is 11.8 Å². The molecule has 0 fully saturated rings. The van der Waals surface area contributed by atoms with E-state index in [0.29, 0.717) is 5.56 Å². The number of thioether (sulfide) groups is 1. The van der Waals surface area contributed by atoms with Crippen molar-refractivity contribution in [3.05, 3.63) is 65.7 Å². The van der Waals surface area contributed by atoms with E-state index in [2.05, 4.69) is 24.3 Å². The molecule has 0 unspecified atom stereocenters. The van der Waals surface area contributed by atoms with Crippen molar-refractivity contribution in [2.75, 3.05) is 0 Å². The smallest absolute Gasteiger partial charge is 0.0998 e. The summed E-state index contributed by atoms with van der Waals surface area (Å²) < 4.78 is 0. The van der Waals surface area contributed by atoms with Crippen LogP contribution >= 0.6 is 11.8 Å². The lowest BCUT2D eigenvalue weighted by atomic mass is 10.2. The van der Waals surface area contributed by atoms with Gasteiger partial charge in [0, 0.05) is 16.7 Å². The molecule has 1 radical (unpaired) electrons. The summed E-state index contributed by atoms with van der Waals surface area (Å²) in [5.74, 6) is 0.945. The van der Waals surface area contributed by atoms with E-state index in [1.165, 1.54) is 5.56 Å². The first kappa shape index (κ1) is 10.8. The van der Waals surface area contributed by atoms with Gasteiger partial charge in [0.05, 0.1) is 11.6 Å². The van der Waals surface area contributed by atoms with Crippen LogP contribution in [-0.4, -0.2) is 0 Å². The van der Waals surface area contributed by atoms with Crippen LogP contribution in [0, 0.1) is 17.4 Å². The fourth-order valence-corrected chi connectivity index (χ4v) is 2.14. The van der Waals surface area contributed by atoms with Crippen LogP contribution in [-0.2, 0) is 5.75 Å². The van der Waals surface area contributed by atoms with E-state index < -0.39 is 0 Å². The highest BCUT2D eigenvalue weighted by atomic mass is 32.2. The normalized spacial score (nSPS) is 9.69. The Balaban J connectivity index is 1.98. The lowest BCUT2D eigenvalue weighted by molar-refractivity contribution is 1.37. The molecule has 0 heterocycles. The van der Waals surface area contributed by atoms with E-state index in [9.17, 15) is 0 Å². The van der Waals surface area contributed by atoms with E-state index in [4.69, 9.17) is 5.26 Å². The molecule has 2 aromatic carbocycles.